The molecule has 8 heteroatoms. The molecule has 0 spiro atoms. The molecule has 0 amide bonds. The van der Waals surface area contributed by atoms with Gasteiger partial charge in [-0.1, -0.05) is 33.8 Å². The van der Waals surface area contributed by atoms with Gasteiger partial charge in [-0.25, -0.2) is 9.97 Å². The van der Waals surface area contributed by atoms with Gasteiger partial charge in [-0.2, -0.15) is 5.26 Å². The van der Waals surface area contributed by atoms with Gasteiger partial charge in [0.15, 0.2) is 22.5 Å². The molecule has 0 aliphatic rings. The minimum atomic E-state index is 0.352. The highest BCUT2D eigenvalue weighted by Crippen LogP contribution is 2.35. The Morgan fingerprint density at radius 2 is 1.86 bits per heavy atom. The molecular formula is C20H17BrN4O2S. The van der Waals surface area contributed by atoms with Crippen molar-refractivity contribution in [3.63, 3.8) is 0 Å². The van der Waals surface area contributed by atoms with Gasteiger partial charge in [-0.05, 0) is 42.7 Å². The summed E-state index contributed by atoms with van der Waals surface area (Å²) in [7, 11) is 3.15. The number of benzene rings is 2. The van der Waals surface area contributed by atoms with Crippen LogP contribution >= 0.6 is 27.7 Å². The molecule has 1 heterocycles. The zero-order chi connectivity index (χ0) is 20.1. The third-order valence-electron chi connectivity index (χ3n) is 3.93. The molecule has 2 aromatic carbocycles. The van der Waals surface area contributed by atoms with Crippen LogP contribution in [-0.2, 0) is 0 Å². The van der Waals surface area contributed by atoms with E-state index < -0.39 is 0 Å². The normalized spacial score (nSPS) is 10.2. The second-order valence-electron chi connectivity index (χ2n) is 5.60. The quantitative estimate of drug-likeness (QED) is 0.400. The van der Waals surface area contributed by atoms with Crippen LogP contribution in [0.25, 0.3) is 11.3 Å². The van der Waals surface area contributed by atoms with Gasteiger partial charge in [0.2, 0.25) is 0 Å². The first-order valence-corrected chi connectivity index (χ1v) is 10.2. The van der Waals surface area contributed by atoms with Crippen LogP contribution in [0.2, 0.25) is 0 Å². The smallest absolute Gasteiger partial charge is 0.189 e. The van der Waals surface area contributed by atoms with E-state index in [1.54, 1.807) is 26.4 Å². The highest BCUT2D eigenvalue weighted by molar-refractivity contribution is 9.10. The Labute approximate surface area is 176 Å². The largest absolute Gasteiger partial charge is 0.493 e. The first-order valence-electron chi connectivity index (χ1n) is 8.20. The monoisotopic (exact) mass is 456 g/mol. The molecule has 28 heavy (non-hydrogen) atoms. The highest BCUT2D eigenvalue weighted by Gasteiger charge is 2.18. The molecule has 1 aromatic heterocycles. The van der Waals surface area contributed by atoms with Gasteiger partial charge in [-0.15, -0.1) is 0 Å². The molecule has 3 rings (SSSR count). The summed E-state index contributed by atoms with van der Waals surface area (Å²) in [5, 5.41) is 13.6. The zero-order valence-corrected chi connectivity index (χ0v) is 17.9. The summed E-state index contributed by atoms with van der Waals surface area (Å²) in [6, 6.07) is 15.3. The molecule has 0 aliphatic heterocycles. The van der Waals surface area contributed by atoms with E-state index in [9.17, 15) is 5.26 Å². The number of hydrogen-bond acceptors (Lipinski definition) is 7. The predicted octanol–water partition coefficient (Wildman–Crippen LogP) is 5.26. The number of thioether (sulfide) groups is 1. The summed E-state index contributed by atoms with van der Waals surface area (Å²) in [6.07, 6.45) is 1.89. The first-order chi connectivity index (χ1) is 13.6. The van der Waals surface area contributed by atoms with Crippen molar-refractivity contribution in [2.24, 2.45) is 0 Å². The van der Waals surface area contributed by atoms with Crippen molar-refractivity contribution in [1.29, 1.82) is 5.26 Å². The van der Waals surface area contributed by atoms with Gasteiger partial charge >= 0.3 is 0 Å². The second-order valence-corrected chi connectivity index (χ2v) is 7.29. The van der Waals surface area contributed by atoms with E-state index in [1.807, 2.05) is 36.6 Å². The van der Waals surface area contributed by atoms with Crippen molar-refractivity contribution in [3.8, 4) is 28.8 Å². The lowest BCUT2D eigenvalue weighted by Gasteiger charge is -2.14. The van der Waals surface area contributed by atoms with Gasteiger partial charge in [0.25, 0.3) is 0 Å². The standard InChI is InChI=1S/C20H17BrN4O2S/c1-26-16-8-7-12(9-17(16)27-2)18-15(11-22)19(25-20(24-18)28-3)23-14-6-4-5-13(21)10-14/h4-10H,1-3H3,(H,23,24,25). The summed E-state index contributed by atoms with van der Waals surface area (Å²) in [4.78, 5) is 9.06. The molecule has 1 N–H and O–H groups in total. The highest BCUT2D eigenvalue weighted by atomic mass is 79.9. The molecule has 0 bridgehead atoms. The second kappa shape index (κ2) is 8.95. The Morgan fingerprint density at radius 1 is 1.07 bits per heavy atom. The molecule has 0 fully saturated rings. The average molecular weight is 457 g/mol. The number of halogens is 1. The first kappa shape index (κ1) is 20.0. The summed E-state index contributed by atoms with van der Waals surface area (Å²) in [6.45, 7) is 0. The van der Waals surface area contributed by atoms with Crippen LogP contribution in [-0.4, -0.2) is 30.4 Å². The maximum atomic E-state index is 9.84. The van der Waals surface area contributed by atoms with Crippen molar-refractivity contribution in [2.75, 3.05) is 25.8 Å². The van der Waals surface area contributed by atoms with Gasteiger partial charge < -0.3 is 14.8 Å². The Bertz CT molecular complexity index is 1050. The number of anilines is 2. The fourth-order valence-corrected chi connectivity index (χ4v) is 3.39. The van der Waals surface area contributed by atoms with Crippen LogP contribution in [0.3, 0.4) is 0 Å². The maximum Gasteiger partial charge on any atom is 0.189 e. The van der Waals surface area contributed by atoms with E-state index in [0.717, 1.165) is 15.7 Å². The molecule has 0 aliphatic carbocycles. The topological polar surface area (TPSA) is 80.1 Å². The minimum Gasteiger partial charge on any atom is -0.493 e. The number of ether oxygens (including phenoxy) is 2. The maximum absolute atomic E-state index is 9.84. The number of nitrogens with one attached hydrogen (secondary N) is 1. The van der Waals surface area contributed by atoms with E-state index in [2.05, 4.69) is 37.3 Å². The number of hydrogen-bond donors (Lipinski definition) is 1. The molecular weight excluding hydrogens is 440 g/mol. The predicted molar refractivity (Wildman–Crippen MR) is 114 cm³/mol. The lowest BCUT2D eigenvalue weighted by atomic mass is 10.1. The van der Waals surface area contributed by atoms with Crippen LogP contribution in [0, 0.1) is 11.3 Å². The van der Waals surface area contributed by atoms with Crippen molar-refractivity contribution in [1.82, 2.24) is 9.97 Å². The molecule has 0 saturated carbocycles. The van der Waals surface area contributed by atoms with Crippen LogP contribution < -0.4 is 14.8 Å². The lowest BCUT2D eigenvalue weighted by molar-refractivity contribution is 0.355. The summed E-state index contributed by atoms with van der Waals surface area (Å²) in [5.41, 5.74) is 2.43. The number of nitrogens with zero attached hydrogens (tertiary/aromatic N) is 3. The van der Waals surface area contributed by atoms with Crippen molar-refractivity contribution in [2.45, 2.75) is 5.16 Å². The average Bonchev–Trinajstić information content (AvgIpc) is 2.72. The number of nitriles is 1. The molecule has 0 saturated heterocycles. The van der Waals surface area contributed by atoms with Crippen molar-refractivity contribution >= 4 is 39.2 Å². The summed E-state index contributed by atoms with van der Waals surface area (Å²) >= 11 is 4.86. The molecule has 0 radical (unpaired) electrons. The third-order valence-corrected chi connectivity index (χ3v) is 4.97. The molecule has 0 unspecified atom stereocenters. The fraction of sp³-hybridized carbons (Fsp3) is 0.150. The van der Waals surface area contributed by atoms with Gasteiger partial charge in [0.05, 0.1) is 19.9 Å². The molecule has 142 valence electrons. The van der Waals surface area contributed by atoms with Crippen LogP contribution in [0.5, 0.6) is 11.5 Å². The fourth-order valence-electron chi connectivity index (χ4n) is 2.62. The lowest BCUT2D eigenvalue weighted by Crippen LogP contribution is -2.03. The summed E-state index contributed by atoms with van der Waals surface area (Å²) < 4.78 is 11.6. The van der Waals surface area contributed by atoms with E-state index in [1.165, 1.54) is 11.8 Å². The number of methoxy groups -OCH3 is 2. The SMILES string of the molecule is COc1ccc(-c2nc(SC)nc(Nc3cccc(Br)c3)c2C#N)cc1OC. The van der Waals surface area contributed by atoms with Gasteiger partial charge in [0.1, 0.15) is 11.6 Å². The Morgan fingerprint density at radius 3 is 2.50 bits per heavy atom. The Balaban J connectivity index is 2.15. The van der Waals surface area contributed by atoms with E-state index in [-0.39, 0.29) is 0 Å². The van der Waals surface area contributed by atoms with Gasteiger partial charge in [0, 0.05) is 15.7 Å². The minimum absolute atomic E-state index is 0.352. The van der Waals surface area contributed by atoms with E-state index >= 15 is 0 Å². The van der Waals surface area contributed by atoms with E-state index in [4.69, 9.17) is 9.47 Å². The van der Waals surface area contributed by atoms with Crippen LogP contribution in [0.15, 0.2) is 52.1 Å². The van der Waals surface area contributed by atoms with Crippen molar-refractivity contribution in [3.05, 3.63) is 52.5 Å². The number of aromatic nitrogens is 2. The Kier molecular flexibility index (Phi) is 6.39. The third kappa shape index (κ3) is 4.21. The molecule has 3 aromatic rings. The van der Waals surface area contributed by atoms with Crippen LogP contribution in [0.1, 0.15) is 5.56 Å². The zero-order valence-electron chi connectivity index (χ0n) is 15.5. The van der Waals surface area contributed by atoms with Gasteiger partial charge in [-0.3, -0.25) is 0 Å². The summed E-state index contributed by atoms with van der Waals surface area (Å²) in [5.74, 6) is 1.62. The van der Waals surface area contributed by atoms with E-state index in [0.29, 0.717) is 33.7 Å². The van der Waals surface area contributed by atoms with Crippen molar-refractivity contribution < 1.29 is 9.47 Å². The molecule has 0 atom stereocenters. The van der Waals surface area contributed by atoms with Crippen LogP contribution in [0.4, 0.5) is 11.5 Å². The molecule has 6 nitrogen and oxygen atoms in total. The number of rotatable bonds is 6. The Hall–Kier alpha value is -2.76.